The van der Waals surface area contributed by atoms with Crippen molar-refractivity contribution in [2.45, 2.75) is 19.4 Å². The molecule has 0 bridgehead atoms. The highest BCUT2D eigenvalue weighted by atomic mass is 16.3. The predicted molar refractivity (Wildman–Crippen MR) is 62.6 cm³/mol. The predicted octanol–water partition coefficient (Wildman–Crippen LogP) is 1.24. The molecule has 2 rings (SSSR count). The van der Waals surface area contributed by atoms with E-state index in [2.05, 4.69) is 0 Å². The first-order valence-electron chi connectivity index (χ1n) is 5.65. The van der Waals surface area contributed by atoms with Gasteiger partial charge in [0.2, 0.25) is 0 Å². The highest BCUT2D eigenvalue weighted by Gasteiger charge is 2.22. The van der Waals surface area contributed by atoms with Gasteiger partial charge in [-0.25, -0.2) is 0 Å². The van der Waals surface area contributed by atoms with Crippen molar-refractivity contribution in [3.63, 3.8) is 0 Å². The molecule has 0 aliphatic carbocycles. The van der Waals surface area contributed by atoms with E-state index in [0.29, 0.717) is 13.1 Å². The van der Waals surface area contributed by atoms with Crippen LogP contribution in [-0.2, 0) is 0 Å². The summed E-state index contributed by atoms with van der Waals surface area (Å²) in [5.41, 5.74) is 1.87. The van der Waals surface area contributed by atoms with E-state index in [9.17, 15) is 9.90 Å². The van der Waals surface area contributed by atoms with Crippen molar-refractivity contribution < 1.29 is 9.90 Å². The largest absolute Gasteiger partial charge is 0.392 e. The lowest BCUT2D eigenvalue weighted by Crippen LogP contribution is -2.28. The molecule has 1 saturated heterocycles. The van der Waals surface area contributed by atoms with Crippen LogP contribution in [0.25, 0.3) is 0 Å². The first kappa shape index (κ1) is 11.3. The Morgan fingerprint density at radius 3 is 3.00 bits per heavy atom. The van der Waals surface area contributed by atoms with Gasteiger partial charge in [-0.1, -0.05) is 23.8 Å². The Morgan fingerprint density at radius 1 is 1.56 bits per heavy atom. The summed E-state index contributed by atoms with van der Waals surface area (Å²) in [5.74, 6) is 0.137. The Balaban J connectivity index is 1.98. The fourth-order valence-electron chi connectivity index (χ4n) is 2.07. The fraction of sp³-hybridized carbons (Fsp3) is 0.462. The summed E-state index contributed by atoms with van der Waals surface area (Å²) in [5, 5.41) is 9.37. The van der Waals surface area contributed by atoms with Gasteiger partial charge in [-0.15, -0.1) is 0 Å². The molecule has 1 N–H and O–H groups in total. The van der Waals surface area contributed by atoms with Gasteiger partial charge in [0.15, 0.2) is 5.78 Å². The minimum atomic E-state index is -0.259. The van der Waals surface area contributed by atoms with Gasteiger partial charge in [-0.3, -0.25) is 9.69 Å². The lowest BCUT2D eigenvalue weighted by atomic mass is 10.1. The zero-order valence-corrected chi connectivity index (χ0v) is 9.52. The van der Waals surface area contributed by atoms with E-state index < -0.39 is 0 Å². The number of likely N-dealkylation sites (tertiary alicyclic amines) is 1. The average Bonchev–Trinajstić information content (AvgIpc) is 2.64. The smallest absolute Gasteiger partial charge is 0.176 e. The molecule has 0 radical (unpaired) electrons. The van der Waals surface area contributed by atoms with Crippen molar-refractivity contribution in [2.75, 3.05) is 19.6 Å². The molecule has 0 aromatic heterocycles. The molecule has 86 valence electrons. The second kappa shape index (κ2) is 4.76. The van der Waals surface area contributed by atoms with E-state index in [0.717, 1.165) is 24.1 Å². The average molecular weight is 219 g/mol. The minimum absolute atomic E-state index is 0.137. The fourth-order valence-corrected chi connectivity index (χ4v) is 2.07. The number of carbonyl (C=O) groups excluding carboxylic acids is 1. The monoisotopic (exact) mass is 219 g/mol. The van der Waals surface area contributed by atoms with E-state index in [1.807, 2.05) is 36.1 Å². The Morgan fingerprint density at radius 2 is 2.38 bits per heavy atom. The van der Waals surface area contributed by atoms with E-state index >= 15 is 0 Å². The van der Waals surface area contributed by atoms with Crippen molar-refractivity contribution in [2.24, 2.45) is 0 Å². The molecule has 1 fully saturated rings. The number of hydrogen-bond acceptors (Lipinski definition) is 3. The highest BCUT2D eigenvalue weighted by Crippen LogP contribution is 2.11. The number of rotatable bonds is 3. The first-order valence-corrected chi connectivity index (χ1v) is 5.65. The van der Waals surface area contributed by atoms with Crippen LogP contribution < -0.4 is 0 Å². The molecule has 16 heavy (non-hydrogen) atoms. The number of aliphatic hydroxyl groups excluding tert-OH is 1. The Hall–Kier alpha value is -1.19. The van der Waals surface area contributed by atoms with Crippen LogP contribution in [0.3, 0.4) is 0 Å². The molecule has 1 aliphatic rings. The summed E-state index contributed by atoms with van der Waals surface area (Å²) in [4.78, 5) is 13.9. The molecule has 0 amide bonds. The number of aliphatic hydroxyl groups is 1. The maximum absolute atomic E-state index is 11.9. The second-order valence-corrected chi connectivity index (χ2v) is 4.47. The Kier molecular flexibility index (Phi) is 3.36. The van der Waals surface area contributed by atoms with Crippen LogP contribution in [0.4, 0.5) is 0 Å². The lowest BCUT2D eigenvalue weighted by Gasteiger charge is -2.13. The third-order valence-electron chi connectivity index (χ3n) is 2.95. The molecule has 1 unspecified atom stereocenters. The molecule has 0 saturated carbocycles. The van der Waals surface area contributed by atoms with Gasteiger partial charge in [0.05, 0.1) is 12.6 Å². The van der Waals surface area contributed by atoms with Crippen LogP contribution in [0, 0.1) is 6.92 Å². The lowest BCUT2D eigenvalue weighted by molar-refractivity contribution is 0.0934. The molecule has 1 heterocycles. The number of hydrogen-bond donors (Lipinski definition) is 1. The van der Waals surface area contributed by atoms with Gasteiger partial charge in [-0.05, 0) is 19.4 Å². The van der Waals surface area contributed by atoms with E-state index in [1.54, 1.807) is 0 Å². The van der Waals surface area contributed by atoms with Crippen LogP contribution in [0.1, 0.15) is 22.3 Å². The maximum Gasteiger partial charge on any atom is 0.176 e. The number of benzene rings is 1. The van der Waals surface area contributed by atoms with Gasteiger partial charge in [0.1, 0.15) is 0 Å². The Bertz CT molecular complexity index is 389. The molecule has 0 spiro atoms. The van der Waals surface area contributed by atoms with E-state index in [4.69, 9.17) is 0 Å². The first-order chi connectivity index (χ1) is 7.65. The third kappa shape index (κ3) is 2.68. The molecule has 1 aromatic carbocycles. The van der Waals surface area contributed by atoms with Crippen molar-refractivity contribution in [1.29, 1.82) is 0 Å². The summed E-state index contributed by atoms with van der Waals surface area (Å²) < 4.78 is 0. The van der Waals surface area contributed by atoms with Crippen LogP contribution in [0.2, 0.25) is 0 Å². The van der Waals surface area contributed by atoms with Crippen LogP contribution >= 0.6 is 0 Å². The molecule has 1 aliphatic heterocycles. The zero-order valence-electron chi connectivity index (χ0n) is 9.52. The highest BCUT2D eigenvalue weighted by molar-refractivity contribution is 5.97. The summed E-state index contributed by atoms with van der Waals surface area (Å²) in [6.45, 7) is 3.84. The van der Waals surface area contributed by atoms with Crippen molar-refractivity contribution in [3.8, 4) is 0 Å². The van der Waals surface area contributed by atoms with Crippen LogP contribution in [0.5, 0.6) is 0 Å². The van der Waals surface area contributed by atoms with Crippen LogP contribution in [-0.4, -0.2) is 41.5 Å². The minimum Gasteiger partial charge on any atom is -0.392 e. The second-order valence-electron chi connectivity index (χ2n) is 4.47. The maximum atomic E-state index is 11.9. The standard InChI is InChI=1S/C13H17NO2/c1-10-3-2-4-11(7-10)13(16)9-14-6-5-12(15)8-14/h2-4,7,12,15H,5-6,8-9H2,1H3. The SMILES string of the molecule is Cc1cccc(C(=O)CN2CCC(O)C2)c1. The van der Waals surface area contributed by atoms with Crippen molar-refractivity contribution >= 4 is 5.78 Å². The zero-order chi connectivity index (χ0) is 11.5. The van der Waals surface area contributed by atoms with Crippen LogP contribution in [0.15, 0.2) is 24.3 Å². The van der Waals surface area contributed by atoms with Gasteiger partial charge in [-0.2, -0.15) is 0 Å². The number of aryl methyl sites for hydroxylation is 1. The van der Waals surface area contributed by atoms with Crippen molar-refractivity contribution in [3.05, 3.63) is 35.4 Å². The van der Waals surface area contributed by atoms with Gasteiger partial charge >= 0.3 is 0 Å². The van der Waals surface area contributed by atoms with Gasteiger partial charge < -0.3 is 5.11 Å². The third-order valence-corrected chi connectivity index (χ3v) is 2.95. The van der Waals surface area contributed by atoms with E-state index in [-0.39, 0.29) is 11.9 Å². The Labute approximate surface area is 95.7 Å². The topological polar surface area (TPSA) is 40.5 Å². The molecule has 3 heteroatoms. The number of β-amino-alcohol motifs (C(OH)–C–C–N with tert-alkyl or cyclic N) is 1. The van der Waals surface area contributed by atoms with Gasteiger partial charge in [0, 0.05) is 18.7 Å². The molecular weight excluding hydrogens is 202 g/mol. The quantitative estimate of drug-likeness (QED) is 0.778. The summed E-state index contributed by atoms with van der Waals surface area (Å²) in [6, 6.07) is 7.65. The number of carbonyl (C=O) groups is 1. The summed E-state index contributed by atoms with van der Waals surface area (Å²) in [6.07, 6.45) is 0.520. The normalized spacial score (nSPS) is 21.2. The number of ketones is 1. The molecule has 1 aromatic rings. The molecule has 3 nitrogen and oxygen atoms in total. The molecule has 1 atom stereocenters. The van der Waals surface area contributed by atoms with E-state index in [1.165, 1.54) is 0 Å². The van der Waals surface area contributed by atoms with Crippen molar-refractivity contribution in [1.82, 2.24) is 4.90 Å². The van der Waals surface area contributed by atoms with Gasteiger partial charge in [0.25, 0.3) is 0 Å². The summed E-state index contributed by atoms with van der Waals surface area (Å²) in [7, 11) is 0. The molecular formula is C13H17NO2. The number of Topliss-reactive ketones (excluding diaryl/α,β-unsaturated/α-hetero) is 1. The number of nitrogens with zero attached hydrogens (tertiary/aromatic N) is 1. The summed E-state index contributed by atoms with van der Waals surface area (Å²) >= 11 is 0.